The molecule has 0 unspecified atom stereocenters. The molecule has 0 bridgehead atoms. The zero-order chi connectivity index (χ0) is 23.0. The summed E-state index contributed by atoms with van der Waals surface area (Å²) < 4.78 is 48.5. The maximum Gasteiger partial charge on any atom is 0.262 e. The Kier molecular flexibility index (Phi) is 5.39. The first-order chi connectivity index (χ1) is 15.2. The van der Waals surface area contributed by atoms with Crippen molar-refractivity contribution in [2.75, 3.05) is 11.8 Å². The molecular formula is C22H19FN4O4S. The normalized spacial score (nSPS) is 11.5. The lowest BCUT2D eigenvalue weighted by Gasteiger charge is -2.15. The third-order valence-electron chi connectivity index (χ3n) is 4.96. The molecule has 1 aromatic carbocycles. The van der Waals surface area contributed by atoms with E-state index in [-0.39, 0.29) is 27.6 Å². The zero-order valence-corrected chi connectivity index (χ0v) is 18.3. The molecule has 0 spiro atoms. The highest BCUT2D eigenvalue weighted by Gasteiger charge is 2.21. The molecule has 0 fully saturated rings. The second-order valence-electron chi connectivity index (χ2n) is 7.18. The smallest absolute Gasteiger partial charge is 0.262 e. The first kappa shape index (κ1) is 21.4. The molecule has 0 atom stereocenters. The topological polar surface area (TPSA) is 103 Å². The number of nitrogens with one attached hydrogen (secondary N) is 1. The van der Waals surface area contributed by atoms with E-state index < -0.39 is 15.8 Å². The molecule has 164 valence electrons. The van der Waals surface area contributed by atoms with E-state index in [4.69, 9.17) is 4.74 Å². The minimum Gasteiger partial charge on any atom is -0.480 e. The van der Waals surface area contributed by atoms with E-state index in [1.807, 2.05) is 6.92 Å². The third kappa shape index (κ3) is 3.92. The van der Waals surface area contributed by atoms with Crippen molar-refractivity contribution >= 4 is 21.4 Å². The van der Waals surface area contributed by atoms with Gasteiger partial charge < -0.3 is 4.74 Å². The predicted molar refractivity (Wildman–Crippen MR) is 118 cm³/mol. The molecule has 0 aliphatic rings. The number of pyridine rings is 2. The van der Waals surface area contributed by atoms with Gasteiger partial charge in [0.25, 0.3) is 15.6 Å². The van der Waals surface area contributed by atoms with Crippen LogP contribution in [0.2, 0.25) is 0 Å². The molecule has 0 aliphatic carbocycles. The molecule has 3 aromatic heterocycles. The van der Waals surface area contributed by atoms with Gasteiger partial charge in [0.2, 0.25) is 5.88 Å². The summed E-state index contributed by atoms with van der Waals surface area (Å²) in [5.74, 6) is -0.464. The van der Waals surface area contributed by atoms with Crippen molar-refractivity contribution in [2.24, 2.45) is 0 Å². The number of ether oxygens (including phenoxy) is 1. The number of anilines is 1. The van der Waals surface area contributed by atoms with Crippen LogP contribution in [-0.4, -0.2) is 29.9 Å². The van der Waals surface area contributed by atoms with Gasteiger partial charge in [0, 0.05) is 35.8 Å². The highest BCUT2D eigenvalue weighted by molar-refractivity contribution is 7.92. The summed E-state index contributed by atoms with van der Waals surface area (Å²) in [7, 11) is -2.68. The summed E-state index contributed by atoms with van der Waals surface area (Å²) in [4.78, 5) is 20.6. The standard InChI is InChI=1S/C22H19FN4O4S/c1-13-9-20-24-7-6-21(28)27(20)12-17(13)15-10-18(22(31-3)25-11-15)26-32(29,30)19-5-4-16(23)8-14(19)2/h4-12,26H,1-3H3. The molecule has 8 nitrogen and oxygen atoms in total. The van der Waals surface area contributed by atoms with Gasteiger partial charge in [0.15, 0.2) is 0 Å². The number of fused-ring (bicyclic) bond motifs is 1. The van der Waals surface area contributed by atoms with E-state index in [1.165, 1.54) is 43.0 Å². The highest BCUT2D eigenvalue weighted by atomic mass is 32.2. The SMILES string of the molecule is COc1ncc(-c2cn3c(=O)ccnc3cc2C)cc1NS(=O)(=O)c1ccc(F)cc1C. The Morgan fingerprint density at radius 3 is 2.56 bits per heavy atom. The van der Waals surface area contributed by atoms with Crippen LogP contribution < -0.4 is 15.0 Å². The van der Waals surface area contributed by atoms with Gasteiger partial charge in [-0.3, -0.25) is 13.9 Å². The van der Waals surface area contributed by atoms with Gasteiger partial charge in [-0.15, -0.1) is 0 Å². The minimum atomic E-state index is -4.05. The molecule has 1 N–H and O–H groups in total. The lowest BCUT2D eigenvalue weighted by Crippen LogP contribution is -2.15. The molecule has 4 rings (SSSR count). The third-order valence-corrected chi connectivity index (χ3v) is 6.49. The van der Waals surface area contributed by atoms with Crippen LogP contribution in [0.5, 0.6) is 5.88 Å². The summed E-state index contributed by atoms with van der Waals surface area (Å²) in [5, 5.41) is 0. The number of methoxy groups -OCH3 is 1. The fraction of sp³-hybridized carbons (Fsp3) is 0.136. The van der Waals surface area contributed by atoms with Crippen LogP contribution in [0.4, 0.5) is 10.1 Å². The van der Waals surface area contributed by atoms with E-state index in [0.29, 0.717) is 16.8 Å². The van der Waals surface area contributed by atoms with E-state index in [0.717, 1.165) is 17.7 Å². The van der Waals surface area contributed by atoms with Crippen molar-refractivity contribution in [3.8, 4) is 17.0 Å². The summed E-state index contributed by atoms with van der Waals surface area (Å²) in [6.07, 6.45) is 4.59. The quantitative estimate of drug-likeness (QED) is 0.496. The molecule has 0 saturated carbocycles. The molecule has 0 aliphatic heterocycles. The van der Waals surface area contributed by atoms with Crippen molar-refractivity contribution in [3.63, 3.8) is 0 Å². The summed E-state index contributed by atoms with van der Waals surface area (Å²) in [5.41, 5.74) is 2.66. The average molecular weight is 454 g/mol. The maximum atomic E-state index is 13.4. The Labute approximate surface area is 183 Å². The first-order valence-electron chi connectivity index (χ1n) is 9.51. The Balaban J connectivity index is 1.82. The van der Waals surface area contributed by atoms with Crippen LogP contribution in [0.1, 0.15) is 11.1 Å². The van der Waals surface area contributed by atoms with Gasteiger partial charge >= 0.3 is 0 Å². The molecule has 0 amide bonds. The van der Waals surface area contributed by atoms with Crippen LogP contribution in [-0.2, 0) is 10.0 Å². The number of benzene rings is 1. The summed E-state index contributed by atoms with van der Waals surface area (Å²) >= 11 is 0. The van der Waals surface area contributed by atoms with E-state index in [9.17, 15) is 17.6 Å². The number of halogens is 1. The number of nitrogens with zero attached hydrogens (tertiary/aromatic N) is 3. The lowest BCUT2D eigenvalue weighted by atomic mass is 10.0. The number of hydrogen-bond acceptors (Lipinski definition) is 6. The van der Waals surface area contributed by atoms with Crippen molar-refractivity contribution in [3.05, 3.63) is 82.3 Å². The van der Waals surface area contributed by atoms with Gasteiger partial charge in [0.1, 0.15) is 17.2 Å². The van der Waals surface area contributed by atoms with Crippen molar-refractivity contribution in [2.45, 2.75) is 18.7 Å². The fourth-order valence-corrected chi connectivity index (χ4v) is 4.70. The number of rotatable bonds is 5. The summed E-state index contributed by atoms with van der Waals surface area (Å²) in [6, 6.07) is 8.10. The molecule has 32 heavy (non-hydrogen) atoms. The molecule has 0 radical (unpaired) electrons. The van der Waals surface area contributed by atoms with Crippen molar-refractivity contribution in [1.82, 2.24) is 14.4 Å². The number of sulfonamides is 1. The van der Waals surface area contributed by atoms with Crippen molar-refractivity contribution < 1.29 is 17.5 Å². The van der Waals surface area contributed by atoms with E-state index in [1.54, 1.807) is 18.3 Å². The first-order valence-corrected chi connectivity index (χ1v) is 11.0. The van der Waals surface area contributed by atoms with Crippen LogP contribution in [0.25, 0.3) is 16.8 Å². The molecule has 3 heterocycles. The molecule has 4 aromatic rings. The zero-order valence-electron chi connectivity index (χ0n) is 17.5. The van der Waals surface area contributed by atoms with Gasteiger partial charge in [-0.25, -0.2) is 22.8 Å². The summed E-state index contributed by atoms with van der Waals surface area (Å²) in [6.45, 7) is 3.36. The monoisotopic (exact) mass is 454 g/mol. The number of hydrogen-bond donors (Lipinski definition) is 1. The van der Waals surface area contributed by atoms with Crippen LogP contribution in [0.3, 0.4) is 0 Å². The Bertz CT molecular complexity index is 1520. The lowest BCUT2D eigenvalue weighted by molar-refractivity contribution is 0.400. The Morgan fingerprint density at radius 2 is 1.84 bits per heavy atom. The van der Waals surface area contributed by atoms with E-state index in [2.05, 4.69) is 14.7 Å². The van der Waals surface area contributed by atoms with Crippen LogP contribution >= 0.6 is 0 Å². The van der Waals surface area contributed by atoms with Crippen LogP contribution in [0, 0.1) is 19.7 Å². The van der Waals surface area contributed by atoms with Gasteiger partial charge in [0.05, 0.1) is 12.0 Å². The number of aromatic nitrogens is 3. The predicted octanol–water partition coefficient (Wildman–Crippen LogP) is 3.32. The van der Waals surface area contributed by atoms with Gasteiger partial charge in [-0.1, -0.05) is 0 Å². The van der Waals surface area contributed by atoms with E-state index >= 15 is 0 Å². The average Bonchev–Trinajstić information content (AvgIpc) is 2.73. The molecular weight excluding hydrogens is 435 g/mol. The van der Waals surface area contributed by atoms with Crippen molar-refractivity contribution in [1.29, 1.82) is 0 Å². The second kappa shape index (κ2) is 8.04. The number of aryl methyl sites for hydroxylation is 2. The second-order valence-corrected chi connectivity index (χ2v) is 8.83. The Hall–Kier alpha value is -3.79. The maximum absolute atomic E-state index is 13.4. The van der Waals surface area contributed by atoms with Gasteiger partial charge in [-0.2, -0.15) is 0 Å². The van der Waals surface area contributed by atoms with Gasteiger partial charge in [-0.05, 0) is 55.3 Å². The molecule has 0 saturated heterocycles. The minimum absolute atomic E-state index is 0.0640. The largest absolute Gasteiger partial charge is 0.480 e. The van der Waals surface area contributed by atoms with Crippen LogP contribution in [0.15, 0.2) is 64.7 Å². The molecule has 10 heteroatoms. The Morgan fingerprint density at radius 1 is 1.06 bits per heavy atom. The fourth-order valence-electron chi connectivity index (χ4n) is 3.42. The highest BCUT2D eigenvalue weighted by Crippen LogP contribution is 2.32.